The van der Waals surface area contributed by atoms with E-state index in [1.54, 1.807) is 11.3 Å². The van der Waals surface area contributed by atoms with Crippen LogP contribution in [-0.2, 0) is 23.4 Å². The lowest BCUT2D eigenvalue weighted by Crippen LogP contribution is -2.44. The van der Waals surface area contributed by atoms with Crippen molar-refractivity contribution in [1.29, 1.82) is 0 Å². The Labute approximate surface area is 184 Å². The summed E-state index contributed by atoms with van der Waals surface area (Å²) in [4.78, 5) is 8.10. The Kier molecular flexibility index (Phi) is 8.27. The van der Waals surface area contributed by atoms with Gasteiger partial charge in [-0.2, -0.15) is 0 Å². The zero-order valence-corrected chi connectivity index (χ0v) is 19.0. The van der Waals surface area contributed by atoms with Crippen molar-refractivity contribution in [2.24, 2.45) is 4.99 Å². The summed E-state index contributed by atoms with van der Waals surface area (Å²) in [6.45, 7) is 11.4. The second-order valence-corrected chi connectivity index (χ2v) is 8.98. The van der Waals surface area contributed by atoms with Crippen LogP contribution in [0.1, 0.15) is 36.8 Å². The predicted molar refractivity (Wildman–Crippen MR) is 124 cm³/mol. The molecule has 0 aliphatic carbocycles. The molecule has 0 saturated carbocycles. The molecule has 1 aromatic heterocycles. The maximum absolute atomic E-state index is 10.7. The van der Waals surface area contributed by atoms with Gasteiger partial charge in [-0.25, -0.2) is 4.99 Å². The molecule has 164 valence electrons. The Morgan fingerprint density at radius 1 is 1.30 bits per heavy atom. The van der Waals surface area contributed by atoms with Gasteiger partial charge in [-0.3, -0.25) is 4.90 Å². The number of hydrogen-bond donors (Lipinski definition) is 3. The van der Waals surface area contributed by atoms with E-state index in [-0.39, 0.29) is 0 Å². The van der Waals surface area contributed by atoms with Gasteiger partial charge < -0.3 is 20.5 Å². The molecule has 0 bridgehead atoms. The maximum atomic E-state index is 10.7. The summed E-state index contributed by atoms with van der Waals surface area (Å²) in [5.74, 6) is 0.710. The number of benzene rings is 1. The van der Waals surface area contributed by atoms with Gasteiger partial charge in [0.2, 0.25) is 0 Å². The highest BCUT2D eigenvalue weighted by atomic mass is 32.1. The highest BCUT2D eigenvalue weighted by molar-refractivity contribution is 7.10. The molecule has 1 fully saturated rings. The van der Waals surface area contributed by atoms with E-state index in [4.69, 9.17) is 9.73 Å². The minimum atomic E-state index is -0.931. The third-order valence-corrected chi connectivity index (χ3v) is 6.26. The molecular weight excluding hydrogens is 396 g/mol. The molecule has 3 N–H and O–H groups in total. The Morgan fingerprint density at radius 2 is 2.13 bits per heavy atom. The van der Waals surface area contributed by atoms with Crippen LogP contribution in [0, 0.1) is 0 Å². The second kappa shape index (κ2) is 10.9. The number of rotatable bonds is 8. The first-order valence-corrected chi connectivity index (χ1v) is 11.5. The van der Waals surface area contributed by atoms with Crippen molar-refractivity contribution in [3.63, 3.8) is 0 Å². The fourth-order valence-corrected chi connectivity index (χ4v) is 4.35. The lowest BCUT2D eigenvalue weighted by atomic mass is 10.1. The molecule has 1 aromatic carbocycles. The van der Waals surface area contributed by atoms with E-state index >= 15 is 0 Å². The zero-order valence-electron chi connectivity index (χ0n) is 18.2. The van der Waals surface area contributed by atoms with Gasteiger partial charge in [-0.05, 0) is 43.3 Å². The van der Waals surface area contributed by atoms with Crippen molar-refractivity contribution in [3.05, 3.63) is 57.8 Å². The molecule has 6 nitrogen and oxygen atoms in total. The number of hydrogen-bond acceptors (Lipinski definition) is 5. The summed E-state index contributed by atoms with van der Waals surface area (Å²) in [5, 5.41) is 19.3. The molecule has 1 aliphatic heterocycles. The van der Waals surface area contributed by atoms with Crippen molar-refractivity contribution < 1.29 is 9.84 Å². The number of ether oxygens (including phenoxy) is 1. The normalized spacial score (nSPS) is 20.0. The van der Waals surface area contributed by atoms with E-state index in [1.165, 1.54) is 11.1 Å². The first-order chi connectivity index (χ1) is 14.5. The van der Waals surface area contributed by atoms with Crippen LogP contribution < -0.4 is 10.6 Å². The van der Waals surface area contributed by atoms with Crippen LogP contribution >= 0.6 is 11.3 Å². The fraction of sp³-hybridized carbons (Fsp3) is 0.522. The molecule has 2 unspecified atom stereocenters. The van der Waals surface area contributed by atoms with Gasteiger partial charge in [-0.1, -0.05) is 30.3 Å². The van der Waals surface area contributed by atoms with Gasteiger partial charge in [0.15, 0.2) is 5.96 Å². The molecule has 7 heteroatoms. The molecule has 0 amide bonds. The summed E-state index contributed by atoms with van der Waals surface area (Å²) in [5.41, 5.74) is 1.55. The van der Waals surface area contributed by atoms with E-state index < -0.39 is 5.60 Å². The summed E-state index contributed by atoms with van der Waals surface area (Å²) >= 11 is 1.56. The van der Waals surface area contributed by atoms with Gasteiger partial charge in [0.25, 0.3) is 0 Å². The van der Waals surface area contributed by atoms with Crippen LogP contribution in [0.15, 0.2) is 46.8 Å². The summed E-state index contributed by atoms with van der Waals surface area (Å²) in [7, 11) is 0. The molecule has 2 heterocycles. The van der Waals surface area contributed by atoms with Gasteiger partial charge in [-0.15, -0.1) is 11.3 Å². The van der Waals surface area contributed by atoms with E-state index in [0.717, 1.165) is 37.7 Å². The second-order valence-electron chi connectivity index (χ2n) is 8.04. The minimum absolute atomic E-state index is 0.298. The quantitative estimate of drug-likeness (QED) is 0.444. The first kappa shape index (κ1) is 22.7. The van der Waals surface area contributed by atoms with Crippen LogP contribution in [0.3, 0.4) is 0 Å². The Hall–Kier alpha value is -1.93. The number of aliphatic imine (C=N–C) groups is 1. The maximum Gasteiger partial charge on any atom is 0.191 e. The summed E-state index contributed by atoms with van der Waals surface area (Å²) in [6, 6.07) is 12.5. The van der Waals surface area contributed by atoms with Crippen molar-refractivity contribution in [2.45, 2.75) is 45.6 Å². The molecule has 1 aliphatic rings. The predicted octanol–water partition coefficient (Wildman–Crippen LogP) is 2.93. The molecular formula is C23H34N4O2S. The van der Waals surface area contributed by atoms with Crippen LogP contribution in [0.2, 0.25) is 0 Å². The van der Waals surface area contributed by atoms with Crippen molar-refractivity contribution in [1.82, 2.24) is 15.5 Å². The largest absolute Gasteiger partial charge is 0.383 e. The van der Waals surface area contributed by atoms with E-state index in [9.17, 15) is 5.11 Å². The van der Waals surface area contributed by atoms with Crippen LogP contribution in [0.25, 0.3) is 0 Å². The first-order valence-electron chi connectivity index (χ1n) is 10.7. The van der Waals surface area contributed by atoms with Crippen molar-refractivity contribution in [2.75, 3.05) is 32.8 Å². The molecule has 3 rings (SSSR count). The summed E-state index contributed by atoms with van der Waals surface area (Å²) in [6.07, 6.45) is 0.298. The standard InChI is InChI=1S/C23H34N4O2S/c1-4-24-22(26-17-23(3,28)21-9-6-12-30-21)25-14-19-7-5-8-20(13-19)16-27-10-11-29-18(2)15-27/h5-9,12-13,18,28H,4,10-11,14-17H2,1-3H3,(H2,24,25,26). The van der Waals surface area contributed by atoms with Crippen LogP contribution in [0.5, 0.6) is 0 Å². The van der Waals surface area contributed by atoms with Gasteiger partial charge in [0.1, 0.15) is 5.60 Å². The molecule has 30 heavy (non-hydrogen) atoms. The number of thiophene rings is 1. The molecule has 0 radical (unpaired) electrons. The van der Waals surface area contributed by atoms with Gasteiger partial charge in [0.05, 0.1) is 25.8 Å². The third kappa shape index (κ3) is 6.80. The number of guanidine groups is 1. The lowest BCUT2D eigenvalue weighted by molar-refractivity contribution is -0.0212. The molecule has 2 aromatic rings. The van der Waals surface area contributed by atoms with Crippen LogP contribution in [-0.4, -0.2) is 54.9 Å². The highest BCUT2D eigenvalue weighted by Gasteiger charge is 2.24. The third-order valence-electron chi connectivity index (χ3n) is 5.14. The number of aliphatic hydroxyl groups is 1. The minimum Gasteiger partial charge on any atom is -0.383 e. The van der Waals surface area contributed by atoms with Crippen molar-refractivity contribution >= 4 is 17.3 Å². The molecule has 2 atom stereocenters. The Bertz CT molecular complexity index is 807. The van der Waals surface area contributed by atoms with E-state index in [1.807, 2.05) is 31.4 Å². The molecule has 1 saturated heterocycles. The smallest absolute Gasteiger partial charge is 0.191 e. The zero-order chi connectivity index (χ0) is 21.4. The van der Waals surface area contributed by atoms with Gasteiger partial charge in [0, 0.05) is 31.1 Å². The SMILES string of the molecule is CCNC(=NCc1cccc(CN2CCOC(C)C2)c1)NCC(C)(O)c1cccs1. The van der Waals surface area contributed by atoms with E-state index in [2.05, 4.69) is 46.7 Å². The van der Waals surface area contributed by atoms with Gasteiger partial charge >= 0.3 is 0 Å². The lowest BCUT2D eigenvalue weighted by Gasteiger charge is -2.31. The topological polar surface area (TPSA) is 69.1 Å². The monoisotopic (exact) mass is 430 g/mol. The summed E-state index contributed by atoms with van der Waals surface area (Å²) < 4.78 is 5.64. The number of nitrogens with one attached hydrogen (secondary N) is 2. The van der Waals surface area contributed by atoms with E-state index in [0.29, 0.717) is 25.2 Å². The average molecular weight is 431 g/mol. The van der Waals surface area contributed by atoms with Crippen LogP contribution in [0.4, 0.5) is 0 Å². The molecule has 0 spiro atoms. The van der Waals surface area contributed by atoms with Crippen molar-refractivity contribution in [3.8, 4) is 0 Å². The Morgan fingerprint density at radius 3 is 2.87 bits per heavy atom. The fourth-order valence-electron chi connectivity index (χ4n) is 3.56. The number of nitrogens with zero attached hydrogens (tertiary/aromatic N) is 2. The highest BCUT2D eigenvalue weighted by Crippen LogP contribution is 2.24. The average Bonchev–Trinajstić information content (AvgIpc) is 3.26. The Balaban J connectivity index is 1.58. The number of morpholine rings is 1.